The summed E-state index contributed by atoms with van der Waals surface area (Å²) in [5, 5.41) is 3.69. The predicted molar refractivity (Wildman–Crippen MR) is 96.9 cm³/mol. The maximum Gasteiger partial charge on any atom is 0.239 e. The van der Waals surface area contributed by atoms with E-state index in [1.54, 1.807) is 7.11 Å². The Morgan fingerprint density at radius 2 is 2.25 bits per heavy atom. The van der Waals surface area contributed by atoms with Crippen LogP contribution in [0.2, 0.25) is 0 Å². The summed E-state index contributed by atoms with van der Waals surface area (Å²) in [5.41, 5.74) is 1.09. The molecule has 0 aliphatic carbocycles. The van der Waals surface area contributed by atoms with Gasteiger partial charge in [0.2, 0.25) is 11.0 Å². The SMILES string of the molecule is CC[C@@H](C)NC(=O)CN(C)c1nc(Cc2cccc(OC)c2)ns1. The van der Waals surface area contributed by atoms with Crippen molar-refractivity contribution >= 4 is 22.6 Å². The predicted octanol–water partition coefficient (Wildman–Crippen LogP) is 2.49. The molecule has 1 N–H and O–H groups in total. The maximum absolute atomic E-state index is 12.0. The van der Waals surface area contributed by atoms with E-state index < -0.39 is 0 Å². The van der Waals surface area contributed by atoms with Crippen LogP contribution < -0.4 is 15.0 Å². The lowest BCUT2D eigenvalue weighted by atomic mass is 10.1. The van der Waals surface area contributed by atoms with Crippen LogP contribution in [0.3, 0.4) is 0 Å². The van der Waals surface area contributed by atoms with Crippen molar-refractivity contribution in [1.82, 2.24) is 14.7 Å². The van der Waals surface area contributed by atoms with Crippen LogP contribution in [0, 0.1) is 0 Å². The van der Waals surface area contributed by atoms with E-state index in [-0.39, 0.29) is 18.5 Å². The average molecular weight is 348 g/mol. The van der Waals surface area contributed by atoms with E-state index in [4.69, 9.17) is 4.74 Å². The average Bonchev–Trinajstić information content (AvgIpc) is 3.03. The number of carbonyl (C=O) groups is 1. The zero-order chi connectivity index (χ0) is 17.5. The summed E-state index contributed by atoms with van der Waals surface area (Å²) in [6.07, 6.45) is 1.56. The number of carbonyl (C=O) groups excluding carboxylic acids is 1. The van der Waals surface area contributed by atoms with Crippen molar-refractivity contribution < 1.29 is 9.53 Å². The van der Waals surface area contributed by atoms with Crippen LogP contribution in [0.15, 0.2) is 24.3 Å². The molecule has 0 aliphatic heterocycles. The molecule has 130 valence electrons. The molecule has 0 saturated heterocycles. The minimum absolute atomic E-state index is 0.00334. The summed E-state index contributed by atoms with van der Waals surface area (Å²) in [6, 6.07) is 8.04. The summed E-state index contributed by atoms with van der Waals surface area (Å²) in [6.45, 7) is 4.32. The first-order chi connectivity index (χ1) is 11.5. The Kier molecular flexibility index (Phi) is 6.54. The summed E-state index contributed by atoms with van der Waals surface area (Å²) < 4.78 is 9.62. The first-order valence-electron chi connectivity index (χ1n) is 7.97. The summed E-state index contributed by atoms with van der Waals surface area (Å²) in [5.74, 6) is 1.57. The largest absolute Gasteiger partial charge is 0.497 e. The number of nitrogens with one attached hydrogen (secondary N) is 1. The molecule has 1 heterocycles. The first kappa shape index (κ1) is 18.2. The molecule has 0 bridgehead atoms. The highest BCUT2D eigenvalue weighted by Crippen LogP contribution is 2.19. The van der Waals surface area contributed by atoms with Gasteiger partial charge in [-0.1, -0.05) is 19.1 Å². The normalized spacial score (nSPS) is 11.8. The van der Waals surface area contributed by atoms with Crippen LogP contribution in [0.4, 0.5) is 5.13 Å². The molecule has 7 heteroatoms. The van der Waals surface area contributed by atoms with Crippen molar-refractivity contribution in [2.24, 2.45) is 0 Å². The molecule has 0 fully saturated rings. The monoisotopic (exact) mass is 348 g/mol. The van der Waals surface area contributed by atoms with Crippen molar-refractivity contribution in [3.63, 3.8) is 0 Å². The van der Waals surface area contributed by atoms with E-state index in [0.717, 1.165) is 28.7 Å². The number of aromatic nitrogens is 2. The molecule has 0 radical (unpaired) electrons. The van der Waals surface area contributed by atoms with Crippen LogP contribution in [0.25, 0.3) is 0 Å². The van der Waals surface area contributed by atoms with Gasteiger partial charge < -0.3 is 15.0 Å². The fourth-order valence-electron chi connectivity index (χ4n) is 2.14. The Bertz CT molecular complexity index is 674. The highest BCUT2D eigenvalue weighted by Gasteiger charge is 2.14. The molecule has 6 nitrogen and oxygen atoms in total. The number of rotatable bonds is 8. The van der Waals surface area contributed by atoms with Gasteiger partial charge in [0.25, 0.3) is 0 Å². The minimum atomic E-state index is -0.00334. The lowest BCUT2D eigenvalue weighted by Gasteiger charge is -2.17. The molecule has 24 heavy (non-hydrogen) atoms. The second-order valence-corrected chi connectivity index (χ2v) is 6.48. The third-order valence-corrected chi connectivity index (χ3v) is 4.55. The molecule has 1 atom stereocenters. The number of benzene rings is 1. The lowest BCUT2D eigenvalue weighted by Crippen LogP contribution is -2.39. The Labute approximate surface area is 147 Å². The zero-order valence-corrected chi connectivity index (χ0v) is 15.4. The van der Waals surface area contributed by atoms with Gasteiger partial charge in [-0.15, -0.1) is 0 Å². The second-order valence-electron chi connectivity index (χ2n) is 5.75. The third-order valence-electron chi connectivity index (χ3n) is 3.68. The van der Waals surface area contributed by atoms with Gasteiger partial charge in [-0.05, 0) is 31.0 Å². The molecular formula is C17H24N4O2S. The molecule has 2 rings (SSSR count). The van der Waals surface area contributed by atoms with Gasteiger partial charge in [-0.25, -0.2) is 4.98 Å². The van der Waals surface area contributed by atoms with Gasteiger partial charge in [-0.2, -0.15) is 4.37 Å². The van der Waals surface area contributed by atoms with E-state index in [2.05, 4.69) is 14.7 Å². The van der Waals surface area contributed by atoms with Crippen molar-refractivity contribution in [1.29, 1.82) is 0 Å². The fraction of sp³-hybridized carbons (Fsp3) is 0.471. The van der Waals surface area contributed by atoms with E-state index in [1.165, 1.54) is 11.5 Å². The third kappa shape index (κ3) is 5.19. The number of hydrogen-bond donors (Lipinski definition) is 1. The molecule has 0 saturated carbocycles. The summed E-state index contributed by atoms with van der Waals surface area (Å²) >= 11 is 1.31. The zero-order valence-electron chi connectivity index (χ0n) is 14.6. The molecule has 0 aliphatic rings. The maximum atomic E-state index is 12.0. The van der Waals surface area contributed by atoms with Crippen molar-refractivity contribution in [3.8, 4) is 5.75 Å². The highest BCUT2D eigenvalue weighted by atomic mass is 32.1. The van der Waals surface area contributed by atoms with Gasteiger partial charge in [-0.3, -0.25) is 4.79 Å². The van der Waals surface area contributed by atoms with Gasteiger partial charge in [0, 0.05) is 31.0 Å². The second kappa shape index (κ2) is 8.63. The Hall–Kier alpha value is -2.15. The molecular weight excluding hydrogens is 324 g/mol. The fourth-order valence-corrected chi connectivity index (χ4v) is 2.78. The van der Waals surface area contributed by atoms with Crippen LogP contribution in [0.1, 0.15) is 31.7 Å². The highest BCUT2D eigenvalue weighted by molar-refractivity contribution is 7.09. The molecule has 1 aromatic carbocycles. The van der Waals surface area contributed by atoms with E-state index >= 15 is 0 Å². The quantitative estimate of drug-likeness (QED) is 0.794. The number of likely N-dealkylation sites (N-methyl/N-ethyl adjacent to an activating group) is 1. The Balaban J connectivity index is 1.95. The molecule has 0 unspecified atom stereocenters. The minimum Gasteiger partial charge on any atom is -0.497 e. The van der Waals surface area contributed by atoms with Gasteiger partial charge in [0.15, 0.2) is 0 Å². The standard InChI is InChI=1S/C17H24N4O2S/c1-5-12(2)18-16(22)11-21(3)17-19-15(20-24-17)10-13-7-6-8-14(9-13)23-4/h6-9,12H,5,10-11H2,1-4H3,(H,18,22)/t12-/m1/s1. The van der Waals surface area contributed by atoms with E-state index in [9.17, 15) is 4.79 Å². The smallest absolute Gasteiger partial charge is 0.239 e. The number of ether oxygens (including phenoxy) is 1. The number of anilines is 1. The lowest BCUT2D eigenvalue weighted by molar-refractivity contribution is -0.120. The van der Waals surface area contributed by atoms with Crippen LogP contribution >= 0.6 is 11.5 Å². The topological polar surface area (TPSA) is 67.4 Å². The Morgan fingerprint density at radius 1 is 1.46 bits per heavy atom. The van der Waals surface area contributed by atoms with E-state index in [0.29, 0.717) is 6.42 Å². The summed E-state index contributed by atoms with van der Waals surface area (Å²) in [7, 11) is 3.50. The van der Waals surface area contributed by atoms with Gasteiger partial charge in [0.1, 0.15) is 11.6 Å². The van der Waals surface area contributed by atoms with Crippen LogP contribution in [-0.2, 0) is 11.2 Å². The van der Waals surface area contributed by atoms with Gasteiger partial charge in [0.05, 0.1) is 13.7 Å². The van der Waals surface area contributed by atoms with Crippen molar-refractivity contribution in [3.05, 3.63) is 35.7 Å². The molecule has 1 aromatic heterocycles. The van der Waals surface area contributed by atoms with Crippen molar-refractivity contribution in [2.45, 2.75) is 32.7 Å². The first-order valence-corrected chi connectivity index (χ1v) is 8.75. The van der Waals surface area contributed by atoms with E-state index in [1.807, 2.05) is 50.1 Å². The Morgan fingerprint density at radius 3 is 2.96 bits per heavy atom. The number of amides is 1. The number of nitrogens with zero attached hydrogens (tertiary/aromatic N) is 3. The molecule has 1 amide bonds. The van der Waals surface area contributed by atoms with Gasteiger partial charge >= 0.3 is 0 Å². The van der Waals surface area contributed by atoms with Crippen LogP contribution in [0.5, 0.6) is 5.75 Å². The van der Waals surface area contributed by atoms with Crippen LogP contribution in [-0.4, -0.2) is 42.0 Å². The number of methoxy groups -OCH3 is 1. The molecule has 2 aromatic rings. The molecule has 0 spiro atoms. The summed E-state index contributed by atoms with van der Waals surface area (Å²) in [4.78, 5) is 18.3. The van der Waals surface area contributed by atoms with Crippen molar-refractivity contribution in [2.75, 3.05) is 25.6 Å². The number of hydrogen-bond acceptors (Lipinski definition) is 6.